The molecule has 9 atom stereocenters. The van der Waals surface area contributed by atoms with Crippen LogP contribution in [0, 0.1) is 56.2 Å². The SMILES string of the molecule is COC(=O)N[C@]12CCC(C)(C)CC1C1C(=O)C=C3[C@@]4(C)C=C(C#N)C(O)[C@@](C)(CO)[C@@H]4CC[C@@]3(C)[C@]1(C)CC2. The lowest BCUT2D eigenvalue weighted by Gasteiger charge is -2.69. The summed E-state index contributed by atoms with van der Waals surface area (Å²) in [5.74, 6) is -0.247. The minimum absolute atomic E-state index is 0.00662. The summed E-state index contributed by atoms with van der Waals surface area (Å²) in [6.07, 6.45) is 8.17. The van der Waals surface area contributed by atoms with Crippen LogP contribution in [0.5, 0.6) is 0 Å². The van der Waals surface area contributed by atoms with Crippen LogP contribution in [0.3, 0.4) is 0 Å². The van der Waals surface area contributed by atoms with Gasteiger partial charge in [0.15, 0.2) is 5.78 Å². The number of methoxy groups -OCH3 is 1. The van der Waals surface area contributed by atoms with Crippen molar-refractivity contribution in [1.82, 2.24) is 5.32 Å². The minimum Gasteiger partial charge on any atom is -0.453 e. The maximum atomic E-state index is 14.5. The number of rotatable bonds is 2. The van der Waals surface area contributed by atoms with Gasteiger partial charge in [-0.2, -0.15) is 5.26 Å². The highest BCUT2D eigenvalue weighted by Crippen LogP contribution is 2.73. The maximum absolute atomic E-state index is 14.5. The molecule has 7 nitrogen and oxygen atoms in total. The molecule has 0 heterocycles. The summed E-state index contributed by atoms with van der Waals surface area (Å²) < 4.78 is 5.05. The number of hydrogen-bond acceptors (Lipinski definition) is 6. The van der Waals surface area contributed by atoms with E-state index in [0.717, 1.165) is 50.5 Å². The van der Waals surface area contributed by atoms with E-state index in [0.29, 0.717) is 0 Å². The molecule has 0 radical (unpaired) electrons. The van der Waals surface area contributed by atoms with Crippen molar-refractivity contribution in [3.05, 3.63) is 23.3 Å². The molecule has 3 saturated carbocycles. The highest BCUT2D eigenvalue weighted by Gasteiger charge is 2.70. The first-order valence-corrected chi connectivity index (χ1v) is 14.6. The van der Waals surface area contributed by atoms with Crippen molar-refractivity contribution in [1.29, 1.82) is 5.26 Å². The molecule has 5 aliphatic rings. The summed E-state index contributed by atoms with van der Waals surface area (Å²) >= 11 is 0. The van der Waals surface area contributed by atoms with Crippen molar-refractivity contribution in [2.75, 3.05) is 13.7 Å². The molecule has 214 valence electrons. The number of amides is 1. The Morgan fingerprint density at radius 2 is 1.79 bits per heavy atom. The number of carbonyl (C=O) groups excluding carboxylic acids is 2. The lowest BCUT2D eigenvalue weighted by Crippen LogP contribution is -2.70. The van der Waals surface area contributed by atoms with Gasteiger partial charge in [-0.05, 0) is 79.1 Å². The number of nitrogens with one attached hydrogen (secondary N) is 1. The third-order valence-electron chi connectivity index (χ3n) is 12.8. The fraction of sp³-hybridized carbons (Fsp3) is 0.781. The summed E-state index contributed by atoms with van der Waals surface area (Å²) in [5.41, 5.74) is -1.26. The molecule has 3 N–H and O–H groups in total. The molecular formula is C32H46N2O5. The number of ether oxygens (including phenoxy) is 1. The molecule has 39 heavy (non-hydrogen) atoms. The van der Waals surface area contributed by atoms with E-state index in [4.69, 9.17) is 4.74 Å². The summed E-state index contributed by atoms with van der Waals surface area (Å²) in [6, 6.07) is 2.20. The van der Waals surface area contributed by atoms with Crippen molar-refractivity contribution in [2.24, 2.45) is 44.8 Å². The van der Waals surface area contributed by atoms with E-state index in [9.17, 15) is 25.1 Å². The predicted octanol–water partition coefficient (Wildman–Crippen LogP) is 5.08. The average Bonchev–Trinajstić information content (AvgIpc) is 2.88. The molecule has 0 aliphatic heterocycles. The van der Waals surface area contributed by atoms with Crippen molar-refractivity contribution in [2.45, 2.75) is 98.1 Å². The molecule has 0 bridgehead atoms. The zero-order valence-electron chi connectivity index (χ0n) is 24.7. The molecule has 0 spiro atoms. The maximum Gasteiger partial charge on any atom is 0.407 e. The molecule has 0 aromatic heterocycles. The normalized spacial score (nSPS) is 48.2. The van der Waals surface area contributed by atoms with Crippen LogP contribution in [0.4, 0.5) is 4.79 Å². The van der Waals surface area contributed by atoms with E-state index in [1.807, 2.05) is 19.1 Å². The smallest absolute Gasteiger partial charge is 0.407 e. The number of allylic oxidation sites excluding steroid dienone is 3. The predicted molar refractivity (Wildman–Crippen MR) is 147 cm³/mol. The second kappa shape index (κ2) is 8.66. The molecule has 5 aliphatic carbocycles. The average molecular weight is 539 g/mol. The number of carbonyl (C=O) groups is 2. The Kier molecular flexibility index (Phi) is 6.30. The zero-order valence-corrected chi connectivity index (χ0v) is 24.7. The number of nitrogens with zero attached hydrogens (tertiary/aromatic N) is 1. The van der Waals surface area contributed by atoms with Crippen LogP contribution in [-0.2, 0) is 9.53 Å². The van der Waals surface area contributed by atoms with E-state index in [1.54, 1.807) is 0 Å². The molecule has 1 amide bonds. The van der Waals surface area contributed by atoms with Crippen LogP contribution >= 0.6 is 0 Å². The molecule has 3 fully saturated rings. The molecule has 7 heteroatoms. The molecule has 0 aromatic rings. The Morgan fingerprint density at radius 3 is 2.41 bits per heavy atom. The number of alkyl carbamates (subject to hydrolysis) is 1. The van der Waals surface area contributed by atoms with Gasteiger partial charge in [-0.15, -0.1) is 0 Å². The molecule has 3 unspecified atom stereocenters. The Hall–Kier alpha value is -2.17. The second-order valence-electron chi connectivity index (χ2n) is 15.1. The molecular weight excluding hydrogens is 492 g/mol. The van der Waals surface area contributed by atoms with Crippen LogP contribution in [0.25, 0.3) is 0 Å². The van der Waals surface area contributed by atoms with E-state index >= 15 is 0 Å². The number of fused-ring (bicyclic) bond motifs is 7. The summed E-state index contributed by atoms with van der Waals surface area (Å²) in [5, 5.41) is 34.8. The van der Waals surface area contributed by atoms with Gasteiger partial charge in [0.05, 0.1) is 31.5 Å². The van der Waals surface area contributed by atoms with Gasteiger partial charge in [0.1, 0.15) is 0 Å². The van der Waals surface area contributed by atoms with Gasteiger partial charge in [0.25, 0.3) is 0 Å². The van der Waals surface area contributed by atoms with Gasteiger partial charge in [-0.1, -0.05) is 53.2 Å². The lowest BCUT2D eigenvalue weighted by molar-refractivity contribution is -0.164. The first-order chi connectivity index (χ1) is 18.1. The third-order valence-corrected chi connectivity index (χ3v) is 12.8. The topological polar surface area (TPSA) is 120 Å². The van der Waals surface area contributed by atoms with Crippen LogP contribution in [-0.4, -0.2) is 47.4 Å². The van der Waals surface area contributed by atoms with E-state index in [1.165, 1.54) is 7.11 Å². The largest absolute Gasteiger partial charge is 0.453 e. The van der Waals surface area contributed by atoms with Gasteiger partial charge < -0.3 is 20.3 Å². The Morgan fingerprint density at radius 1 is 1.13 bits per heavy atom. The number of aliphatic hydroxyl groups is 2. The quantitative estimate of drug-likeness (QED) is 0.451. The van der Waals surface area contributed by atoms with Crippen LogP contribution in [0.15, 0.2) is 23.3 Å². The van der Waals surface area contributed by atoms with E-state index in [2.05, 4.69) is 46.0 Å². The number of hydrogen-bond donors (Lipinski definition) is 3. The highest BCUT2D eigenvalue weighted by molar-refractivity contribution is 5.95. The van der Waals surface area contributed by atoms with Gasteiger partial charge in [-0.3, -0.25) is 4.79 Å². The second-order valence-corrected chi connectivity index (χ2v) is 15.1. The Bertz CT molecular complexity index is 1200. The standard InChI is InChI=1S/C32H46N2O5/c1-27(2)10-12-32(34-26(38)39-7)13-11-31(6)24(20(32)16-27)21(36)14-23-28(3)15-19(17-33)25(37)29(4,18-35)22(28)8-9-30(23,31)5/h14-15,20,22,24-25,35,37H,8-13,16,18H2,1-7H3,(H,34,38)/t20?,22-,24?,25?,28+,29+,30-,31-,32+/m1/s1. The van der Waals surface area contributed by atoms with Gasteiger partial charge in [0, 0.05) is 22.3 Å². The fourth-order valence-corrected chi connectivity index (χ4v) is 10.3. The summed E-state index contributed by atoms with van der Waals surface area (Å²) in [7, 11) is 1.39. The molecule has 0 aromatic carbocycles. The summed E-state index contributed by atoms with van der Waals surface area (Å²) in [4.78, 5) is 27.0. The monoisotopic (exact) mass is 538 g/mol. The van der Waals surface area contributed by atoms with Gasteiger partial charge in [0.2, 0.25) is 0 Å². The molecule has 5 rings (SSSR count). The van der Waals surface area contributed by atoms with E-state index < -0.39 is 28.6 Å². The summed E-state index contributed by atoms with van der Waals surface area (Å²) in [6.45, 7) is 12.9. The van der Waals surface area contributed by atoms with Crippen molar-refractivity contribution >= 4 is 11.9 Å². The van der Waals surface area contributed by atoms with Crippen molar-refractivity contribution in [3.63, 3.8) is 0 Å². The number of aliphatic hydroxyl groups excluding tert-OH is 2. The van der Waals surface area contributed by atoms with Crippen LogP contribution in [0.1, 0.15) is 86.5 Å². The molecule has 0 saturated heterocycles. The first kappa shape index (κ1) is 28.4. The zero-order chi connectivity index (χ0) is 28.8. The first-order valence-electron chi connectivity index (χ1n) is 14.6. The van der Waals surface area contributed by atoms with E-state index in [-0.39, 0.29) is 52.0 Å². The lowest BCUT2D eigenvalue weighted by atomic mass is 9.35. The Balaban J connectivity index is 1.68. The Labute approximate surface area is 233 Å². The highest BCUT2D eigenvalue weighted by atomic mass is 16.5. The van der Waals surface area contributed by atoms with Crippen molar-refractivity contribution in [3.8, 4) is 6.07 Å². The van der Waals surface area contributed by atoms with Gasteiger partial charge >= 0.3 is 6.09 Å². The minimum atomic E-state index is -1.04. The van der Waals surface area contributed by atoms with Crippen LogP contribution < -0.4 is 5.32 Å². The van der Waals surface area contributed by atoms with Crippen LogP contribution in [0.2, 0.25) is 0 Å². The third kappa shape index (κ3) is 3.59. The van der Waals surface area contributed by atoms with Gasteiger partial charge in [-0.25, -0.2) is 4.79 Å². The van der Waals surface area contributed by atoms with Crippen molar-refractivity contribution < 1.29 is 24.5 Å². The number of ketones is 1. The number of nitriles is 1. The fourth-order valence-electron chi connectivity index (χ4n) is 10.3.